The van der Waals surface area contributed by atoms with Gasteiger partial charge in [-0.15, -0.1) is 0 Å². The Morgan fingerprint density at radius 2 is 1.85 bits per heavy atom. The Labute approximate surface area is 281 Å². The van der Waals surface area contributed by atoms with E-state index in [9.17, 15) is 26.8 Å². The quantitative estimate of drug-likeness (QED) is 0.170. The van der Waals surface area contributed by atoms with Crippen LogP contribution in [-0.4, -0.2) is 82.8 Å². The van der Waals surface area contributed by atoms with Crippen LogP contribution in [0.5, 0.6) is 0 Å². The molecule has 10 nitrogen and oxygen atoms in total. The molecule has 0 bridgehead atoms. The number of nitrogens with zero attached hydrogens (tertiary/aromatic N) is 4. The summed E-state index contributed by atoms with van der Waals surface area (Å²) < 4.78 is 69.6. The van der Waals surface area contributed by atoms with E-state index >= 15 is 0 Å². The summed E-state index contributed by atoms with van der Waals surface area (Å²) in [5, 5.41) is 4.87. The van der Waals surface area contributed by atoms with Crippen LogP contribution in [0.3, 0.4) is 0 Å². The lowest BCUT2D eigenvalue weighted by atomic mass is 9.91. The Morgan fingerprint density at radius 3 is 2.51 bits per heavy atom. The van der Waals surface area contributed by atoms with Gasteiger partial charge in [-0.05, 0) is 78.4 Å². The Morgan fingerprint density at radius 1 is 1.15 bits per heavy atom. The second-order valence-corrected chi connectivity index (χ2v) is 15.8. The third-order valence-electron chi connectivity index (χ3n) is 8.45. The number of carbonyl (C=O) groups excluding carboxylic acids is 2. The lowest BCUT2D eigenvalue weighted by Crippen LogP contribution is -2.46. The Balaban J connectivity index is 1.53. The summed E-state index contributed by atoms with van der Waals surface area (Å²) in [6.45, 7) is 10.1. The van der Waals surface area contributed by atoms with Gasteiger partial charge in [-0.3, -0.25) is 9.48 Å². The highest BCUT2D eigenvalue weighted by Crippen LogP contribution is 2.37. The van der Waals surface area contributed by atoms with Gasteiger partial charge in [0.1, 0.15) is 17.3 Å². The Hall–Kier alpha value is -2.77. The fourth-order valence-corrected chi connectivity index (χ4v) is 8.11. The first-order chi connectivity index (χ1) is 22.0. The van der Waals surface area contributed by atoms with E-state index in [0.29, 0.717) is 37.8 Å². The number of ether oxygens (including phenoxy) is 2. The molecular formula is C33H47ClF2N4O6S. The van der Waals surface area contributed by atoms with Gasteiger partial charge < -0.3 is 14.4 Å². The number of carbonyl (C=O) groups is 2. The molecule has 0 N–H and O–H groups in total. The zero-order valence-corrected chi connectivity index (χ0v) is 29.5. The average Bonchev–Trinajstić information content (AvgIpc) is 3.62. The molecule has 47 heavy (non-hydrogen) atoms. The molecule has 4 rings (SSSR count). The van der Waals surface area contributed by atoms with E-state index in [0.717, 1.165) is 12.0 Å². The van der Waals surface area contributed by atoms with E-state index in [-0.39, 0.29) is 67.0 Å². The van der Waals surface area contributed by atoms with Crippen molar-refractivity contribution in [2.45, 2.75) is 127 Å². The predicted molar refractivity (Wildman–Crippen MR) is 175 cm³/mol. The number of aromatic nitrogens is 2. The highest BCUT2D eigenvalue weighted by Gasteiger charge is 2.42. The van der Waals surface area contributed by atoms with E-state index in [2.05, 4.69) is 5.10 Å². The molecule has 2 aromatic rings. The van der Waals surface area contributed by atoms with Gasteiger partial charge >= 0.3 is 12.1 Å². The summed E-state index contributed by atoms with van der Waals surface area (Å²) in [4.78, 5) is 27.5. The number of rotatable bonds is 12. The summed E-state index contributed by atoms with van der Waals surface area (Å²) in [6, 6.07) is 3.65. The van der Waals surface area contributed by atoms with Gasteiger partial charge in [0, 0.05) is 50.3 Å². The van der Waals surface area contributed by atoms with Crippen LogP contribution in [0.2, 0.25) is 5.02 Å². The Kier molecular flexibility index (Phi) is 12.0. The van der Waals surface area contributed by atoms with Crippen molar-refractivity contribution in [1.29, 1.82) is 0 Å². The number of benzene rings is 1. The zero-order chi connectivity index (χ0) is 34.6. The van der Waals surface area contributed by atoms with Crippen LogP contribution in [0.25, 0.3) is 11.3 Å². The highest BCUT2D eigenvalue weighted by atomic mass is 35.5. The van der Waals surface area contributed by atoms with Crippen molar-refractivity contribution in [3.63, 3.8) is 0 Å². The molecule has 2 fully saturated rings. The molecule has 0 unspecified atom stereocenters. The van der Waals surface area contributed by atoms with Gasteiger partial charge in [0.05, 0.1) is 16.5 Å². The molecule has 1 saturated heterocycles. The van der Waals surface area contributed by atoms with E-state index in [1.54, 1.807) is 43.8 Å². The monoisotopic (exact) mass is 700 g/mol. The zero-order valence-electron chi connectivity index (χ0n) is 27.9. The number of unbranched alkanes of at least 4 members (excludes halogenated alkanes) is 1. The fraction of sp³-hybridized carbons (Fsp3) is 0.667. The maximum absolute atomic E-state index is 14.0. The molecule has 262 valence electrons. The third kappa shape index (κ3) is 9.44. The lowest BCUT2D eigenvalue weighted by Gasteiger charge is -2.37. The lowest BCUT2D eigenvalue weighted by molar-refractivity contribution is -0.147. The minimum absolute atomic E-state index is 0.00582. The van der Waals surface area contributed by atoms with Gasteiger partial charge in [-0.2, -0.15) is 9.40 Å². The second-order valence-electron chi connectivity index (χ2n) is 13.5. The molecule has 0 spiro atoms. The standard InChI is InChI=1S/C33H47ClF2N4O6S/c1-6-7-20-45-30(41)27-10-8-19-40(27)47(43,44)28-12-11-23(2)21-25(28)29-26(34)22-38(37-29)17-9-18-39(31(42)46-32(3,4)5)24-13-15-33(35,36)16-14-24/h11-12,21-22,24,27H,6-10,13-20H2,1-5H3/t27-/m0/s1. The molecule has 1 aliphatic carbocycles. The molecule has 1 aromatic carbocycles. The van der Waals surface area contributed by atoms with Crippen molar-refractivity contribution in [2.24, 2.45) is 0 Å². The second kappa shape index (κ2) is 15.2. The third-order valence-corrected chi connectivity index (χ3v) is 10.7. The summed E-state index contributed by atoms with van der Waals surface area (Å²) in [7, 11) is -4.13. The number of sulfonamides is 1. The normalized spacial score (nSPS) is 19.1. The predicted octanol–water partition coefficient (Wildman–Crippen LogP) is 7.21. The smallest absolute Gasteiger partial charge is 0.410 e. The van der Waals surface area contributed by atoms with Gasteiger partial charge in [0.2, 0.25) is 15.9 Å². The summed E-state index contributed by atoms with van der Waals surface area (Å²) in [5.74, 6) is -3.27. The molecule has 2 aliphatic rings. The Bertz CT molecular complexity index is 1520. The van der Waals surface area contributed by atoms with Crippen molar-refractivity contribution in [2.75, 3.05) is 19.7 Å². The van der Waals surface area contributed by atoms with Crippen molar-refractivity contribution in [1.82, 2.24) is 19.0 Å². The first-order valence-corrected chi connectivity index (χ1v) is 18.2. The van der Waals surface area contributed by atoms with Crippen LogP contribution < -0.4 is 0 Å². The maximum Gasteiger partial charge on any atom is 0.410 e. The number of alkyl halides is 2. The molecule has 1 amide bonds. The van der Waals surface area contributed by atoms with Crippen molar-refractivity contribution >= 4 is 33.7 Å². The molecule has 1 atom stereocenters. The van der Waals surface area contributed by atoms with Gasteiger partial charge in [0.15, 0.2) is 0 Å². The fourth-order valence-electron chi connectivity index (χ4n) is 6.03. The van der Waals surface area contributed by atoms with E-state index in [4.69, 9.17) is 21.1 Å². The van der Waals surface area contributed by atoms with Crippen LogP contribution in [0.1, 0.15) is 91.0 Å². The van der Waals surface area contributed by atoms with E-state index in [1.807, 2.05) is 13.8 Å². The van der Waals surface area contributed by atoms with Crippen LogP contribution in [0.15, 0.2) is 29.3 Å². The number of halogens is 3. The minimum atomic E-state index is -4.13. The van der Waals surface area contributed by atoms with Crippen LogP contribution >= 0.6 is 11.6 Å². The topological polar surface area (TPSA) is 111 Å². The minimum Gasteiger partial charge on any atom is -0.464 e. The van der Waals surface area contributed by atoms with Gasteiger partial charge in [-0.1, -0.05) is 36.6 Å². The molecule has 0 radical (unpaired) electrons. The molecule has 14 heteroatoms. The molecule has 1 aliphatic heterocycles. The summed E-state index contributed by atoms with van der Waals surface area (Å²) in [5.41, 5.74) is 0.646. The van der Waals surface area contributed by atoms with Crippen LogP contribution in [-0.2, 0) is 30.8 Å². The molecule has 1 saturated carbocycles. The largest absolute Gasteiger partial charge is 0.464 e. The number of hydrogen-bond donors (Lipinski definition) is 0. The van der Waals surface area contributed by atoms with Crippen molar-refractivity contribution in [3.05, 3.63) is 35.0 Å². The number of aryl methyl sites for hydroxylation is 2. The molecule has 1 aromatic heterocycles. The van der Waals surface area contributed by atoms with Crippen molar-refractivity contribution < 1.29 is 36.3 Å². The number of hydrogen-bond acceptors (Lipinski definition) is 7. The van der Waals surface area contributed by atoms with Gasteiger partial charge in [-0.25, -0.2) is 22.0 Å². The number of esters is 1. The number of amides is 1. The van der Waals surface area contributed by atoms with Crippen molar-refractivity contribution in [3.8, 4) is 11.3 Å². The SMILES string of the molecule is CCCCOC(=O)[C@@H]1CCCN1S(=O)(=O)c1ccc(C)cc1-c1nn(CCCN(C(=O)OC(C)(C)C)C2CCC(F)(F)CC2)cc1Cl. The molecule has 2 heterocycles. The first-order valence-electron chi connectivity index (χ1n) is 16.4. The first kappa shape index (κ1) is 37.1. The summed E-state index contributed by atoms with van der Waals surface area (Å²) in [6.07, 6.45) is 3.75. The van der Waals surface area contributed by atoms with Crippen LogP contribution in [0.4, 0.5) is 13.6 Å². The van der Waals surface area contributed by atoms with Crippen LogP contribution in [0, 0.1) is 6.92 Å². The van der Waals surface area contributed by atoms with E-state index < -0.39 is 39.7 Å². The average molecular weight is 701 g/mol. The van der Waals surface area contributed by atoms with E-state index in [1.165, 1.54) is 15.3 Å². The maximum atomic E-state index is 14.0. The summed E-state index contributed by atoms with van der Waals surface area (Å²) >= 11 is 6.66. The molecular weight excluding hydrogens is 654 g/mol. The highest BCUT2D eigenvalue weighted by molar-refractivity contribution is 7.89. The van der Waals surface area contributed by atoms with Gasteiger partial charge in [0.25, 0.3) is 0 Å².